The summed E-state index contributed by atoms with van der Waals surface area (Å²) in [5, 5.41) is 7.52. The summed E-state index contributed by atoms with van der Waals surface area (Å²) in [4.78, 5) is 25.5. The highest BCUT2D eigenvalue weighted by Crippen LogP contribution is 2.36. The van der Waals surface area contributed by atoms with Crippen LogP contribution in [-0.4, -0.2) is 26.8 Å². The van der Waals surface area contributed by atoms with Crippen molar-refractivity contribution < 1.29 is 9.18 Å². The van der Waals surface area contributed by atoms with Crippen LogP contribution in [0, 0.1) is 17.7 Å². The Morgan fingerprint density at radius 2 is 1.84 bits per heavy atom. The van der Waals surface area contributed by atoms with Crippen LogP contribution in [0.4, 0.5) is 4.39 Å². The van der Waals surface area contributed by atoms with E-state index in [1.807, 2.05) is 0 Å². The van der Waals surface area contributed by atoms with Crippen molar-refractivity contribution in [3.05, 3.63) is 40.6 Å². The smallest absolute Gasteiger partial charge is 0.346 e. The molecule has 2 saturated carbocycles. The van der Waals surface area contributed by atoms with Crippen LogP contribution in [0.1, 0.15) is 70.8 Å². The van der Waals surface area contributed by atoms with Gasteiger partial charge in [-0.05, 0) is 68.7 Å². The summed E-state index contributed by atoms with van der Waals surface area (Å²) in [5.41, 5.74) is 0.570. The lowest BCUT2D eigenvalue weighted by atomic mass is 9.79. The van der Waals surface area contributed by atoms with Crippen molar-refractivity contribution in [3.8, 4) is 11.4 Å². The van der Waals surface area contributed by atoms with Gasteiger partial charge < -0.3 is 5.32 Å². The van der Waals surface area contributed by atoms with Crippen molar-refractivity contribution in [1.82, 2.24) is 19.7 Å². The van der Waals surface area contributed by atoms with Gasteiger partial charge in [0.15, 0.2) is 5.82 Å². The molecule has 0 saturated heterocycles. The second-order valence-electron chi connectivity index (χ2n) is 9.09. The molecule has 6 nitrogen and oxygen atoms in total. The number of hydrogen-bond acceptors (Lipinski definition) is 3. The second kappa shape index (κ2) is 9.79. The normalized spacial score (nSPS) is 21.2. The predicted molar refractivity (Wildman–Crippen MR) is 118 cm³/mol. The van der Waals surface area contributed by atoms with E-state index in [1.54, 1.807) is 16.7 Å². The van der Waals surface area contributed by atoms with E-state index in [9.17, 15) is 14.0 Å². The number of unbranched alkanes of at least 4 members (excludes halogenated alkanes) is 1. The first-order valence-electron chi connectivity index (χ1n) is 11.8. The molecule has 0 spiro atoms. The maximum atomic E-state index is 13.3. The number of amides is 1. The van der Waals surface area contributed by atoms with Crippen LogP contribution in [0.3, 0.4) is 0 Å². The van der Waals surface area contributed by atoms with E-state index in [1.165, 1.54) is 36.1 Å². The quantitative estimate of drug-likeness (QED) is 0.647. The molecule has 1 heterocycles. The largest absolute Gasteiger partial charge is 0.354 e. The fraction of sp³-hybridized carbons (Fsp3) is 0.625. The number of nitrogens with zero attached hydrogens (tertiary/aromatic N) is 3. The summed E-state index contributed by atoms with van der Waals surface area (Å²) in [5.74, 6) is 1.23. The van der Waals surface area contributed by atoms with E-state index in [0.717, 1.165) is 50.0 Å². The minimum atomic E-state index is -0.314. The maximum Gasteiger partial charge on any atom is 0.346 e. The van der Waals surface area contributed by atoms with Gasteiger partial charge >= 0.3 is 5.69 Å². The lowest BCUT2D eigenvalue weighted by molar-refractivity contribution is -0.126. The molecule has 31 heavy (non-hydrogen) atoms. The van der Waals surface area contributed by atoms with Crippen LogP contribution in [0.5, 0.6) is 0 Å². The zero-order chi connectivity index (χ0) is 21.8. The highest BCUT2D eigenvalue weighted by Gasteiger charge is 2.30. The van der Waals surface area contributed by atoms with Gasteiger partial charge in [0.05, 0.1) is 6.54 Å². The Morgan fingerprint density at radius 1 is 1.13 bits per heavy atom. The molecule has 0 aliphatic heterocycles. The Labute approximate surface area is 182 Å². The molecule has 2 aromatic rings. The Morgan fingerprint density at radius 3 is 2.48 bits per heavy atom. The molecule has 168 valence electrons. The Kier molecular flexibility index (Phi) is 6.88. The summed E-state index contributed by atoms with van der Waals surface area (Å²) in [6, 6.07) is 6.23. The number of benzene rings is 1. The van der Waals surface area contributed by atoms with Gasteiger partial charge in [-0.25, -0.2) is 13.9 Å². The van der Waals surface area contributed by atoms with Gasteiger partial charge in [0.1, 0.15) is 5.82 Å². The van der Waals surface area contributed by atoms with E-state index < -0.39 is 0 Å². The molecule has 0 unspecified atom stereocenters. The highest BCUT2D eigenvalue weighted by atomic mass is 19.1. The van der Waals surface area contributed by atoms with E-state index in [4.69, 9.17) is 0 Å². The molecule has 4 rings (SSSR count). The fourth-order valence-corrected chi connectivity index (χ4v) is 4.66. The zero-order valence-electron chi connectivity index (χ0n) is 18.4. The molecular formula is C24H33FN4O2. The topological polar surface area (TPSA) is 68.9 Å². The van der Waals surface area contributed by atoms with Crippen LogP contribution in [0.15, 0.2) is 29.1 Å². The van der Waals surface area contributed by atoms with Crippen LogP contribution in [0.25, 0.3) is 11.4 Å². The zero-order valence-corrected chi connectivity index (χ0v) is 18.4. The SMILES string of the molecule is CCCCC1CCC(C(=O)NCCn2nc(-c3ccc(F)cc3)n(C3CC3)c2=O)CC1. The van der Waals surface area contributed by atoms with Crippen molar-refractivity contribution in [2.45, 2.75) is 77.3 Å². The average molecular weight is 429 g/mol. The first-order chi connectivity index (χ1) is 15.1. The summed E-state index contributed by atoms with van der Waals surface area (Å²) in [7, 11) is 0. The van der Waals surface area contributed by atoms with Crippen molar-refractivity contribution in [2.24, 2.45) is 11.8 Å². The molecule has 0 atom stereocenters. The molecule has 2 aliphatic carbocycles. The van der Waals surface area contributed by atoms with Crippen LogP contribution in [0.2, 0.25) is 0 Å². The molecule has 1 aromatic carbocycles. The van der Waals surface area contributed by atoms with E-state index in [0.29, 0.717) is 18.9 Å². The predicted octanol–water partition coefficient (Wildman–Crippen LogP) is 4.30. The molecule has 1 N–H and O–H groups in total. The summed E-state index contributed by atoms with van der Waals surface area (Å²) in [6.45, 7) is 2.95. The van der Waals surface area contributed by atoms with Crippen LogP contribution >= 0.6 is 0 Å². The number of rotatable bonds is 9. The lowest BCUT2D eigenvalue weighted by Crippen LogP contribution is -2.36. The lowest BCUT2D eigenvalue weighted by Gasteiger charge is -2.27. The van der Waals surface area contributed by atoms with Gasteiger partial charge in [-0.2, -0.15) is 0 Å². The number of carbonyl (C=O) groups is 1. The molecular weight excluding hydrogens is 395 g/mol. The van der Waals surface area contributed by atoms with Crippen molar-refractivity contribution >= 4 is 5.91 Å². The van der Waals surface area contributed by atoms with Gasteiger partial charge in [-0.3, -0.25) is 9.36 Å². The summed E-state index contributed by atoms with van der Waals surface area (Å²) >= 11 is 0. The Hall–Kier alpha value is -2.44. The van der Waals surface area contributed by atoms with E-state index in [2.05, 4.69) is 17.3 Å². The van der Waals surface area contributed by atoms with Crippen LogP contribution < -0.4 is 11.0 Å². The summed E-state index contributed by atoms with van der Waals surface area (Å²) in [6.07, 6.45) is 9.93. The van der Waals surface area contributed by atoms with Gasteiger partial charge in [-0.15, -0.1) is 5.10 Å². The minimum Gasteiger partial charge on any atom is -0.354 e. The highest BCUT2D eigenvalue weighted by molar-refractivity contribution is 5.78. The number of halogens is 1. The molecule has 0 radical (unpaired) electrons. The molecule has 2 fully saturated rings. The first-order valence-corrected chi connectivity index (χ1v) is 11.8. The molecule has 1 aromatic heterocycles. The molecule has 0 bridgehead atoms. The van der Waals surface area contributed by atoms with Gasteiger partial charge in [-0.1, -0.05) is 26.2 Å². The molecule has 7 heteroatoms. The standard InChI is InChI=1S/C24H33FN4O2/c1-2-3-4-17-5-7-19(8-6-17)23(30)26-15-16-28-24(31)29(21-13-14-21)22(27-28)18-9-11-20(25)12-10-18/h9-12,17,19,21H,2-8,13-16H2,1H3,(H,26,30). The molecule has 2 aliphatic rings. The summed E-state index contributed by atoms with van der Waals surface area (Å²) < 4.78 is 16.4. The van der Waals surface area contributed by atoms with Gasteiger partial charge in [0.2, 0.25) is 5.91 Å². The number of carbonyl (C=O) groups excluding carboxylic acids is 1. The Bertz CT molecular complexity index is 937. The number of nitrogens with one attached hydrogen (secondary N) is 1. The third kappa shape index (κ3) is 5.25. The van der Waals surface area contributed by atoms with Gasteiger partial charge in [0.25, 0.3) is 0 Å². The number of hydrogen-bond donors (Lipinski definition) is 1. The second-order valence-corrected chi connectivity index (χ2v) is 9.09. The maximum absolute atomic E-state index is 13.3. The number of aromatic nitrogens is 3. The van der Waals surface area contributed by atoms with E-state index >= 15 is 0 Å². The minimum absolute atomic E-state index is 0.0911. The average Bonchev–Trinajstić information content (AvgIpc) is 3.57. The monoisotopic (exact) mass is 428 g/mol. The van der Waals surface area contributed by atoms with Crippen molar-refractivity contribution in [1.29, 1.82) is 0 Å². The molecule has 1 amide bonds. The fourth-order valence-electron chi connectivity index (χ4n) is 4.66. The van der Waals surface area contributed by atoms with Crippen LogP contribution in [-0.2, 0) is 11.3 Å². The Balaban J connectivity index is 1.34. The first kappa shape index (κ1) is 21.8. The van der Waals surface area contributed by atoms with Crippen molar-refractivity contribution in [3.63, 3.8) is 0 Å². The van der Waals surface area contributed by atoms with E-state index in [-0.39, 0.29) is 29.4 Å². The third-order valence-electron chi connectivity index (χ3n) is 6.69. The van der Waals surface area contributed by atoms with Gasteiger partial charge in [0, 0.05) is 24.1 Å². The third-order valence-corrected chi connectivity index (χ3v) is 6.69. The van der Waals surface area contributed by atoms with Crippen molar-refractivity contribution in [2.75, 3.05) is 6.54 Å².